The van der Waals surface area contributed by atoms with Crippen LogP contribution in [0.1, 0.15) is 28.5 Å². The average molecular weight is 399 g/mol. The minimum absolute atomic E-state index is 0.0121. The van der Waals surface area contributed by atoms with Crippen molar-refractivity contribution in [2.45, 2.75) is 13.5 Å². The van der Waals surface area contributed by atoms with Gasteiger partial charge in [-0.2, -0.15) is 10.2 Å². The Balaban J connectivity index is 1.57. The number of carbonyl (C=O) groups excluding carboxylic acids is 1. The highest BCUT2D eigenvalue weighted by Crippen LogP contribution is 2.26. The second kappa shape index (κ2) is 9.05. The van der Waals surface area contributed by atoms with Crippen molar-refractivity contribution in [2.24, 2.45) is 5.10 Å². The molecule has 144 valence electrons. The number of amides is 1. The van der Waals surface area contributed by atoms with Gasteiger partial charge < -0.3 is 9.84 Å². The number of benzene rings is 2. The Hall–Kier alpha value is -3.32. The number of phenols is 1. The molecule has 2 aromatic carbocycles. The molecule has 0 fully saturated rings. The van der Waals surface area contributed by atoms with Gasteiger partial charge in [0.25, 0.3) is 5.91 Å². The quantitative estimate of drug-likeness (QED) is 0.471. The van der Waals surface area contributed by atoms with Gasteiger partial charge in [-0.1, -0.05) is 23.7 Å². The van der Waals surface area contributed by atoms with Crippen molar-refractivity contribution in [3.8, 4) is 11.5 Å². The molecule has 2 N–H and O–H groups in total. The summed E-state index contributed by atoms with van der Waals surface area (Å²) in [6, 6.07) is 13.9. The highest BCUT2D eigenvalue weighted by Gasteiger charge is 2.09. The van der Waals surface area contributed by atoms with E-state index in [4.69, 9.17) is 16.3 Å². The first-order valence-corrected chi connectivity index (χ1v) is 9.00. The maximum Gasteiger partial charge on any atom is 0.291 e. The molecule has 1 aromatic heterocycles. The smallest absolute Gasteiger partial charge is 0.291 e. The Morgan fingerprint density at radius 1 is 1.29 bits per heavy atom. The van der Waals surface area contributed by atoms with Crippen molar-refractivity contribution in [1.29, 1.82) is 0 Å². The van der Waals surface area contributed by atoms with E-state index in [1.54, 1.807) is 41.2 Å². The molecule has 0 radical (unpaired) electrons. The molecule has 0 spiro atoms. The van der Waals surface area contributed by atoms with Gasteiger partial charge in [-0.05, 0) is 54.4 Å². The van der Waals surface area contributed by atoms with E-state index in [0.29, 0.717) is 29.5 Å². The first-order valence-electron chi connectivity index (χ1n) is 8.62. The van der Waals surface area contributed by atoms with Gasteiger partial charge in [0.05, 0.1) is 19.4 Å². The fourth-order valence-corrected chi connectivity index (χ4v) is 2.59. The normalized spacial score (nSPS) is 10.9. The number of halogens is 1. The fourth-order valence-electron chi connectivity index (χ4n) is 2.46. The standard InChI is InChI=1S/C20H19ClN4O3/c1-2-28-19-8-5-15(11-18(19)26)12-22-23-20(27)17-9-10-25(24-17)13-14-3-6-16(21)7-4-14/h3-12,26H,2,13H2,1H3,(H,23,27)/b22-12-. The highest BCUT2D eigenvalue weighted by atomic mass is 35.5. The largest absolute Gasteiger partial charge is 0.504 e. The topological polar surface area (TPSA) is 88.7 Å². The van der Waals surface area contributed by atoms with Crippen molar-refractivity contribution < 1.29 is 14.6 Å². The Labute approximate surface area is 167 Å². The molecule has 1 amide bonds. The summed E-state index contributed by atoms with van der Waals surface area (Å²) < 4.78 is 6.92. The van der Waals surface area contributed by atoms with Gasteiger partial charge in [0.2, 0.25) is 0 Å². The van der Waals surface area contributed by atoms with Gasteiger partial charge in [0.1, 0.15) is 0 Å². The lowest BCUT2D eigenvalue weighted by atomic mass is 10.2. The molecular weight excluding hydrogens is 380 g/mol. The van der Waals surface area contributed by atoms with E-state index in [9.17, 15) is 9.90 Å². The predicted octanol–water partition coefficient (Wildman–Crippen LogP) is 3.45. The summed E-state index contributed by atoms with van der Waals surface area (Å²) in [5, 5.41) is 18.7. The van der Waals surface area contributed by atoms with Crippen LogP contribution < -0.4 is 10.2 Å². The second-order valence-corrected chi connectivity index (χ2v) is 6.32. The summed E-state index contributed by atoms with van der Waals surface area (Å²) >= 11 is 5.87. The van der Waals surface area contributed by atoms with Crippen LogP contribution in [0.15, 0.2) is 59.8 Å². The average Bonchev–Trinajstić information content (AvgIpc) is 3.14. The van der Waals surface area contributed by atoms with Gasteiger partial charge in [-0.3, -0.25) is 9.48 Å². The number of aromatic hydroxyl groups is 1. The van der Waals surface area contributed by atoms with Crippen molar-refractivity contribution in [3.63, 3.8) is 0 Å². The SMILES string of the molecule is CCOc1ccc(/C=N\NC(=O)c2ccn(Cc3ccc(Cl)cc3)n2)cc1O. The van der Waals surface area contributed by atoms with Crippen LogP contribution in [0.25, 0.3) is 0 Å². The molecular formula is C20H19ClN4O3. The molecule has 7 nitrogen and oxygen atoms in total. The molecule has 3 rings (SSSR count). The maximum atomic E-state index is 12.2. The number of nitrogens with one attached hydrogen (secondary N) is 1. The first kappa shape index (κ1) is 19.4. The number of nitrogens with zero attached hydrogens (tertiary/aromatic N) is 3. The lowest BCUT2D eigenvalue weighted by Crippen LogP contribution is -2.18. The molecule has 0 aliphatic rings. The predicted molar refractivity (Wildman–Crippen MR) is 107 cm³/mol. The molecule has 3 aromatic rings. The van der Waals surface area contributed by atoms with Gasteiger partial charge >= 0.3 is 0 Å². The van der Waals surface area contributed by atoms with Crippen LogP contribution in [0.2, 0.25) is 5.02 Å². The van der Waals surface area contributed by atoms with Gasteiger partial charge in [0.15, 0.2) is 17.2 Å². The van der Waals surface area contributed by atoms with Crippen LogP contribution in [-0.4, -0.2) is 33.6 Å². The van der Waals surface area contributed by atoms with Crippen LogP contribution in [-0.2, 0) is 6.54 Å². The molecule has 0 aliphatic carbocycles. The van der Waals surface area contributed by atoms with Crippen molar-refractivity contribution in [1.82, 2.24) is 15.2 Å². The minimum Gasteiger partial charge on any atom is -0.504 e. The zero-order chi connectivity index (χ0) is 19.9. The third-order valence-electron chi connectivity index (χ3n) is 3.79. The number of hydrogen-bond acceptors (Lipinski definition) is 5. The number of aromatic nitrogens is 2. The van der Waals surface area contributed by atoms with E-state index in [1.807, 2.05) is 19.1 Å². The minimum atomic E-state index is -0.429. The Kier molecular flexibility index (Phi) is 6.29. The summed E-state index contributed by atoms with van der Waals surface area (Å²) in [7, 11) is 0. The molecule has 1 heterocycles. The van der Waals surface area contributed by atoms with Crippen molar-refractivity contribution in [3.05, 3.63) is 76.6 Å². The van der Waals surface area contributed by atoms with E-state index in [-0.39, 0.29) is 11.4 Å². The maximum absolute atomic E-state index is 12.2. The van der Waals surface area contributed by atoms with Crippen LogP contribution in [0.3, 0.4) is 0 Å². The zero-order valence-electron chi connectivity index (χ0n) is 15.2. The number of hydrazone groups is 1. The van der Waals surface area contributed by atoms with Crippen molar-refractivity contribution >= 4 is 23.7 Å². The Bertz CT molecular complexity index is 983. The summed E-state index contributed by atoms with van der Waals surface area (Å²) in [6.45, 7) is 2.82. The van der Waals surface area contributed by atoms with Crippen molar-refractivity contribution in [2.75, 3.05) is 6.61 Å². The Morgan fingerprint density at radius 2 is 2.07 bits per heavy atom. The summed E-state index contributed by atoms with van der Waals surface area (Å²) in [4.78, 5) is 12.2. The molecule has 0 aliphatic heterocycles. The number of hydrogen-bond donors (Lipinski definition) is 2. The summed E-state index contributed by atoms with van der Waals surface area (Å²) in [5.41, 5.74) is 4.31. The first-order chi connectivity index (χ1) is 13.5. The molecule has 0 saturated carbocycles. The second-order valence-electron chi connectivity index (χ2n) is 5.88. The van der Waals surface area contributed by atoms with Crippen LogP contribution >= 0.6 is 11.6 Å². The molecule has 0 unspecified atom stereocenters. The number of carbonyl (C=O) groups is 1. The number of ether oxygens (including phenoxy) is 1. The van der Waals surface area contributed by atoms with Crippen LogP contribution in [0, 0.1) is 0 Å². The van der Waals surface area contributed by atoms with E-state index in [0.717, 1.165) is 5.56 Å². The number of phenolic OH excluding ortho intramolecular Hbond substituents is 1. The summed E-state index contributed by atoms with van der Waals surface area (Å²) in [5.74, 6) is -0.0192. The molecule has 28 heavy (non-hydrogen) atoms. The van der Waals surface area contributed by atoms with E-state index >= 15 is 0 Å². The molecule has 0 bridgehead atoms. The lowest BCUT2D eigenvalue weighted by Gasteiger charge is -2.05. The third-order valence-corrected chi connectivity index (χ3v) is 4.05. The van der Waals surface area contributed by atoms with E-state index in [1.165, 1.54) is 12.3 Å². The fraction of sp³-hybridized carbons (Fsp3) is 0.150. The molecule has 8 heteroatoms. The highest BCUT2D eigenvalue weighted by molar-refractivity contribution is 6.30. The number of rotatable bonds is 7. The zero-order valence-corrected chi connectivity index (χ0v) is 15.9. The van der Waals surface area contributed by atoms with Gasteiger partial charge in [-0.25, -0.2) is 5.43 Å². The Morgan fingerprint density at radius 3 is 2.79 bits per heavy atom. The summed E-state index contributed by atoms with van der Waals surface area (Å²) in [6.07, 6.45) is 3.15. The third kappa shape index (κ3) is 5.11. The van der Waals surface area contributed by atoms with Gasteiger partial charge in [0, 0.05) is 11.2 Å². The van der Waals surface area contributed by atoms with E-state index in [2.05, 4.69) is 15.6 Å². The molecule has 0 atom stereocenters. The lowest BCUT2D eigenvalue weighted by molar-refractivity contribution is 0.0949. The molecule has 0 saturated heterocycles. The monoisotopic (exact) mass is 398 g/mol. The van der Waals surface area contributed by atoms with Crippen LogP contribution in [0.5, 0.6) is 11.5 Å². The van der Waals surface area contributed by atoms with E-state index < -0.39 is 5.91 Å². The van der Waals surface area contributed by atoms with Gasteiger partial charge in [-0.15, -0.1) is 0 Å². The van der Waals surface area contributed by atoms with Crippen LogP contribution in [0.4, 0.5) is 0 Å².